The van der Waals surface area contributed by atoms with Crippen LogP contribution in [0.4, 0.5) is 5.69 Å². The normalized spacial score (nSPS) is 19.9. The molecule has 0 bridgehead atoms. The molecule has 5 rings (SSSR count). The van der Waals surface area contributed by atoms with E-state index in [0.717, 1.165) is 67.9 Å². The molecule has 1 aliphatic heterocycles. The molecule has 2 fully saturated rings. The molecule has 1 saturated heterocycles. The Hall–Kier alpha value is -3.45. The van der Waals surface area contributed by atoms with Crippen molar-refractivity contribution in [2.45, 2.75) is 51.4 Å². The fourth-order valence-electron chi connectivity index (χ4n) is 6.30. The largest absolute Gasteiger partial charge is 0.497 e. The Labute approximate surface area is 253 Å². The summed E-state index contributed by atoms with van der Waals surface area (Å²) in [6.07, 6.45) is 9.00. The third-order valence-electron chi connectivity index (χ3n) is 8.88. The van der Waals surface area contributed by atoms with Crippen molar-refractivity contribution in [3.05, 3.63) is 76.5 Å². The molecule has 2 aromatic rings. The number of nitrogens with zero attached hydrogens (tertiary/aromatic N) is 2. The van der Waals surface area contributed by atoms with E-state index in [1.807, 2.05) is 54.6 Å². The van der Waals surface area contributed by atoms with Crippen molar-refractivity contribution in [1.82, 2.24) is 4.90 Å². The van der Waals surface area contributed by atoms with E-state index < -0.39 is 5.97 Å². The van der Waals surface area contributed by atoms with Crippen LogP contribution in [0.25, 0.3) is 0 Å². The summed E-state index contributed by atoms with van der Waals surface area (Å²) in [6, 6.07) is 13.6. The number of carbonyl (C=O) groups is 2. The molecule has 224 valence electrons. The maximum Gasteiger partial charge on any atom is 0.303 e. The number of hydrogen-bond donors (Lipinski definition) is 1. The van der Waals surface area contributed by atoms with Crippen LogP contribution in [0.2, 0.25) is 0 Å². The molecule has 8 heteroatoms. The lowest BCUT2D eigenvalue weighted by Gasteiger charge is -2.35. The summed E-state index contributed by atoms with van der Waals surface area (Å²) in [5, 5.41) is 9.99. The number of allylic oxidation sites excluding steroid dienone is 4. The Morgan fingerprint density at radius 1 is 1.10 bits per heavy atom. The minimum atomic E-state index is -0.751. The van der Waals surface area contributed by atoms with Gasteiger partial charge in [0.25, 0.3) is 5.91 Å². The van der Waals surface area contributed by atoms with Gasteiger partial charge in [-0.3, -0.25) is 9.59 Å². The molecule has 0 radical (unpaired) electrons. The van der Waals surface area contributed by atoms with Crippen LogP contribution >= 0.6 is 11.6 Å². The minimum Gasteiger partial charge on any atom is -0.497 e. The van der Waals surface area contributed by atoms with Gasteiger partial charge in [-0.05, 0) is 85.8 Å². The molecule has 2 aliphatic carbocycles. The summed E-state index contributed by atoms with van der Waals surface area (Å²) < 4.78 is 11.8. The Morgan fingerprint density at radius 2 is 1.86 bits per heavy atom. The molecule has 7 nitrogen and oxygen atoms in total. The zero-order valence-corrected chi connectivity index (χ0v) is 25.5. The number of rotatable bonds is 11. The molecule has 1 N–H and O–H groups in total. The summed E-state index contributed by atoms with van der Waals surface area (Å²) >= 11 is 6.52. The Morgan fingerprint density at radius 3 is 2.52 bits per heavy atom. The Kier molecular flexibility index (Phi) is 9.47. The van der Waals surface area contributed by atoms with Crippen molar-refractivity contribution in [1.29, 1.82) is 0 Å². The lowest BCUT2D eigenvalue weighted by molar-refractivity contribution is -0.137. The SMILES string of the molecule is COc1ccc(C(=O)N(C)C2=C(Cl)C=CCC2C)c(N2CCC(COc3cccc(C(CC(=O)O)C4CC4)c3)CC2)c1. The second kappa shape index (κ2) is 13.2. The molecule has 3 aliphatic rings. The zero-order chi connectivity index (χ0) is 29.8. The molecule has 2 unspecified atom stereocenters. The number of ether oxygens (including phenoxy) is 2. The van der Waals surface area contributed by atoms with Crippen LogP contribution in [-0.2, 0) is 4.79 Å². The van der Waals surface area contributed by atoms with Crippen LogP contribution in [0, 0.1) is 17.8 Å². The smallest absolute Gasteiger partial charge is 0.303 e. The number of piperidine rings is 1. The number of hydrogen-bond acceptors (Lipinski definition) is 5. The van der Waals surface area contributed by atoms with Gasteiger partial charge in [-0.25, -0.2) is 0 Å². The quantitative estimate of drug-likeness (QED) is 0.300. The number of benzene rings is 2. The van der Waals surface area contributed by atoms with Crippen molar-refractivity contribution in [2.75, 3.05) is 38.8 Å². The van der Waals surface area contributed by atoms with Gasteiger partial charge in [0.15, 0.2) is 0 Å². The number of carbonyl (C=O) groups excluding carboxylic acids is 1. The third-order valence-corrected chi connectivity index (χ3v) is 9.20. The first-order valence-corrected chi connectivity index (χ1v) is 15.3. The average Bonchev–Trinajstić information content (AvgIpc) is 3.84. The van der Waals surface area contributed by atoms with Crippen LogP contribution in [0.3, 0.4) is 0 Å². The lowest BCUT2D eigenvalue weighted by atomic mass is 9.91. The highest BCUT2D eigenvalue weighted by atomic mass is 35.5. The summed E-state index contributed by atoms with van der Waals surface area (Å²) in [7, 11) is 3.44. The molecule has 1 amide bonds. The van der Waals surface area contributed by atoms with Gasteiger partial charge in [-0.2, -0.15) is 0 Å². The van der Waals surface area contributed by atoms with Crippen LogP contribution in [0.5, 0.6) is 11.5 Å². The monoisotopic (exact) mass is 592 g/mol. The second-order valence-corrected chi connectivity index (χ2v) is 12.3. The van der Waals surface area contributed by atoms with Crippen molar-refractivity contribution >= 4 is 29.2 Å². The summed E-state index contributed by atoms with van der Waals surface area (Å²) in [6.45, 7) is 4.30. The number of anilines is 1. The van der Waals surface area contributed by atoms with Gasteiger partial charge in [0.1, 0.15) is 11.5 Å². The highest BCUT2D eigenvalue weighted by molar-refractivity contribution is 6.31. The summed E-state index contributed by atoms with van der Waals surface area (Å²) in [4.78, 5) is 29.2. The van der Waals surface area contributed by atoms with Crippen molar-refractivity contribution in [2.24, 2.45) is 17.8 Å². The van der Waals surface area contributed by atoms with Gasteiger partial charge in [0.05, 0.1) is 36.4 Å². The van der Waals surface area contributed by atoms with Crippen LogP contribution in [0.1, 0.15) is 67.3 Å². The van der Waals surface area contributed by atoms with Crippen LogP contribution < -0.4 is 14.4 Å². The first kappa shape index (κ1) is 30.0. The molecule has 0 spiro atoms. The summed E-state index contributed by atoms with van der Waals surface area (Å²) in [5.41, 5.74) is 3.41. The molecular formula is C34H41ClN2O5. The maximum absolute atomic E-state index is 13.8. The van der Waals surface area contributed by atoms with Crippen LogP contribution in [-0.4, -0.2) is 55.7 Å². The van der Waals surface area contributed by atoms with Crippen molar-refractivity contribution < 1.29 is 24.2 Å². The fraction of sp³-hybridized carbons (Fsp3) is 0.471. The fourth-order valence-corrected chi connectivity index (χ4v) is 6.70. The highest BCUT2D eigenvalue weighted by Gasteiger charge is 2.34. The van der Waals surface area contributed by atoms with E-state index in [4.69, 9.17) is 21.1 Å². The molecule has 1 saturated carbocycles. The zero-order valence-electron chi connectivity index (χ0n) is 24.7. The molecule has 2 aromatic carbocycles. The minimum absolute atomic E-state index is 0.0539. The van der Waals surface area contributed by atoms with E-state index in [1.165, 1.54) is 0 Å². The molecule has 42 heavy (non-hydrogen) atoms. The average molecular weight is 593 g/mol. The third kappa shape index (κ3) is 6.95. The first-order chi connectivity index (χ1) is 20.2. The van der Waals surface area contributed by atoms with E-state index in [9.17, 15) is 14.7 Å². The van der Waals surface area contributed by atoms with Gasteiger partial charge in [0, 0.05) is 37.8 Å². The topological polar surface area (TPSA) is 79.3 Å². The van der Waals surface area contributed by atoms with Gasteiger partial charge in [-0.1, -0.05) is 36.7 Å². The summed E-state index contributed by atoms with van der Waals surface area (Å²) in [5.74, 6) is 1.74. The second-order valence-electron chi connectivity index (χ2n) is 11.9. The number of methoxy groups -OCH3 is 1. The van der Waals surface area contributed by atoms with Gasteiger partial charge in [0.2, 0.25) is 0 Å². The van der Waals surface area contributed by atoms with Gasteiger partial charge in [-0.15, -0.1) is 0 Å². The van der Waals surface area contributed by atoms with E-state index >= 15 is 0 Å². The standard InChI is InChI=1S/C34H41ClN2O5/c1-22-6-4-9-30(35)33(22)36(2)34(40)28-13-12-26(41-3)19-31(28)37-16-14-23(15-17-37)21-42-27-8-5-7-25(18-27)29(20-32(38)39)24-10-11-24/h4-5,7-9,12-13,18-19,22-24,29H,6,10-11,14-17,20-21H2,1-3H3,(H,38,39). The number of carboxylic acid groups (broad SMARTS) is 1. The Balaban J connectivity index is 1.23. The van der Waals surface area contributed by atoms with Crippen molar-refractivity contribution in [3.63, 3.8) is 0 Å². The molecule has 1 heterocycles. The predicted octanol–water partition coefficient (Wildman–Crippen LogP) is 7.08. The number of amides is 1. The highest BCUT2D eigenvalue weighted by Crippen LogP contribution is 2.45. The molecular weight excluding hydrogens is 552 g/mol. The number of halogens is 1. The van der Waals surface area contributed by atoms with E-state index in [0.29, 0.717) is 34.8 Å². The van der Waals surface area contributed by atoms with Gasteiger partial charge >= 0.3 is 5.97 Å². The van der Waals surface area contributed by atoms with E-state index in [-0.39, 0.29) is 24.2 Å². The Bertz CT molecular complexity index is 1360. The van der Waals surface area contributed by atoms with E-state index in [2.05, 4.69) is 11.8 Å². The lowest BCUT2D eigenvalue weighted by Crippen LogP contribution is -2.37. The van der Waals surface area contributed by atoms with Crippen LogP contribution in [0.15, 0.2) is 65.3 Å². The van der Waals surface area contributed by atoms with Crippen molar-refractivity contribution in [3.8, 4) is 11.5 Å². The predicted molar refractivity (Wildman–Crippen MR) is 165 cm³/mol. The number of carboxylic acids is 1. The maximum atomic E-state index is 13.8. The van der Waals surface area contributed by atoms with Gasteiger partial charge < -0.3 is 24.4 Å². The molecule has 2 atom stereocenters. The first-order valence-electron chi connectivity index (χ1n) is 15.0. The molecule has 0 aromatic heterocycles. The number of aliphatic carboxylic acids is 1. The van der Waals surface area contributed by atoms with E-state index in [1.54, 1.807) is 19.1 Å².